The van der Waals surface area contributed by atoms with Gasteiger partial charge in [0.15, 0.2) is 0 Å². The summed E-state index contributed by atoms with van der Waals surface area (Å²) < 4.78 is 67.9. The molecule has 0 aliphatic heterocycles. The van der Waals surface area contributed by atoms with Crippen LogP contribution < -0.4 is 101 Å². The maximum absolute atomic E-state index is 9.28. The number of hydrogen-bond acceptors (Lipinski definition) is 20. The molecule has 0 bridgehead atoms. The minimum Gasteiger partial charge on any atom is -0.550 e. The summed E-state index contributed by atoms with van der Waals surface area (Å²) in [6.07, 6.45) is 5.09. The van der Waals surface area contributed by atoms with Gasteiger partial charge in [0.05, 0.1) is 24.8 Å². The number of hydrogen-bond donors (Lipinski definition) is 4. The summed E-state index contributed by atoms with van der Waals surface area (Å²) in [4.78, 5) is 48.3. The van der Waals surface area contributed by atoms with Gasteiger partial charge in [-0.2, -0.15) is 0 Å². The number of carboxylic acid groups (broad SMARTS) is 4. The van der Waals surface area contributed by atoms with Crippen molar-refractivity contribution in [3.63, 3.8) is 0 Å². The molecule has 0 radical (unpaired) electrons. The largest absolute Gasteiger partial charge is 2.00 e. The van der Waals surface area contributed by atoms with Crippen LogP contribution in [0.2, 0.25) is 0 Å². The molecule has 0 spiro atoms. The summed E-state index contributed by atoms with van der Waals surface area (Å²) in [7, 11) is -9.89. The van der Waals surface area contributed by atoms with Crippen molar-refractivity contribution in [1.29, 1.82) is 0 Å². The average molecular weight is 880 g/mol. The molecule has 0 fully saturated rings. The monoisotopic (exact) mass is 878 g/mol. The van der Waals surface area contributed by atoms with Crippen LogP contribution >= 0.6 is 0 Å². The first-order chi connectivity index (χ1) is 23.8. The summed E-state index contributed by atoms with van der Waals surface area (Å²) in [6.45, 7) is 0. The van der Waals surface area contributed by atoms with E-state index < -0.39 is 57.2 Å². The number of anilines is 4. The van der Waals surface area contributed by atoms with Gasteiger partial charge in [-0.1, -0.05) is 24.3 Å². The van der Waals surface area contributed by atoms with Crippen molar-refractivity contribution in [2.75, 3.05) is 22.9 Å². The van der Waals surface area contributed by atoms with Crippen LogP contribution in [0.4, 0.5) is 23.3 Å². The number of nitrogens with two attached hydrogens (primary N) is 4. The summed E-state index contributed by atoms with van der Waals surface area (Å²) in [5, 5.41) is 37.1. The van der Waals surface area contributed by atoms with Gasteiger partial charge < -0.3 is 50.6 Å². The third kappa shape index (κ3) is 88.0. The molecule has 4 aromatic heterocycles. The Bertz CT molecular complexity index is 1260. The van der Waals surface area contributed by atoms with Crippen molar-refractivity contribution >= 4 is 47.1 Å². The van der Waals surface area contributed by atoms with Crippen molar-refractivity contribution in [1.82, 2.24) is 0 Å². The van der Waals surface area contributed by atoms with Crippen LogP contribution in [0.1, 0.15) is 12.8 Å². The Balaban J connectivity index is -0.0000000954. The number of pyridine rings is 4. The first kappa shape index (κ1) is 64.3. The molecule has 0 saturated heterocycles. The van der Waals surface area contributed by atoms with Crippen molar-refractivity contribution in [3.8, 4) is 0 Å². The van der Waals surface area contributed by atoms with Gasteiger partial charge in [0.25, 0.3) is 23.3 Å². The van der Waals surface area contributed by atoms with Crippen LogP contribution in [0.25, 0.3) is 0 Å². The van der Waals surface area contributed by atoms with Crippen molar-refractivity contribution in [2.45, 2.75) is 12.8 Å². The zero-order chi connectivity index (χ0) is 41.2. The average Bonchev–Trinajstić information content (AvgIpc) is 2.97. The minimum atomic E-state index is -4.94. The molecule has 0 aliphatic carbocycles. The van der Waals surface area contributed by atoms with E-state index in [-0.39, 0.29) is 27.4 Å². The van der Waals surface area contributed by atoms with Gasteiger partial charge in [-0.25, -0.2) is 57.2 Å². The molecule has 4 rings (SSSR count). The first-order valence-corrected chi connectivity index (χ1v) is 15.2. The Morgan fingerprint density at radius 3 is 0.600 bits per heavy atom. The number of carbonyl (C=O) groups is 4. The van der Waals surface area contributed by atoms with Crippen LogP contribution in [0.3, 0.4) is 0 Å². The van der Waals surface area contributed by atoms with Crippen LogP contribution in [-0.2, 0) is 46.6 Å². The number of H-pyrrole nitrogens is 4. The number of aromatic amines is 4. The number of carboxylic acids is 4. The van der Waals surface area contributed by atoms with Gasteiger partial charge in [0, 0.05) is 61.0 Å². The minimum absolute atomic E-state index is 0. The van der Waals surface area contributed by atoms with Gasteiger partial charge >= 0.3 is 16.5 Å². The quantitative estimate of drug-likeness (QED) is 0.0840. The van der Waals surface area contributed by atoms with Crippen LogP contribution in [0.15, 0.2) is 97.6 Å². The predicted octanol–water partition coefficient (Wildman–Crippen LogP) is -17.3. The van der Waals surface area contributed by atoms with E-state index in [9.17, 15) is 39.6 Å². The van der Waals surface area contributed by atoms with E-state index in [2.05, 4.69) is 19.9 Å². The molecular formula is C26H38Cl2N8NiO18+2. The number of halogens is 2. The van der Waals surface area contributed by atoms with E-state index in [0.29, 0.717) is 23.3 Å². The van der Waals surface area contributed by atoms with Crippen LogP contribution in [0, 0.1) is 20.5 Å². The molecule has 0 atom stereocenters. The third-order valence-electron chi connectivity index (χ3n) is 3.51. The first-order valence-electron chi connectivity index (χ1n) is 12.7. The molecule has 0 amide bonds. The number of nitrogens with one attached hydrogen (secondary N) is 4. The van der Waals surface area contributed by atoms with E-state index in [1.807, 2.05) is 48.5 Å². The molecule has 0 saturated carbocycles. The summed E-state index contributed by atoms with van der Waals surface area (Å²) in [5.41, 5.74) is 21.2. The maximum atomic E-state index is 9.28. The SMILES string of the molecule is Nc1cccc[nH+]1.Nc1cccc[nH+]1.Nc1cccc[nH+]1.Nc1cccc[nH+]1.O=C([O-])CC(=O)[O-].O=C([O-])CC(=O)[O-].[Ni+2].[O-][Cl+3]([O-])([O-])[O-].[O-][Cl+3]([O-])([O-])[O-].[OH3+].[OH3+]. The molecule has 18 N–H and O–H groups in total. The molecule has 0 unspecified atom stereocenters. The molecule has 0 aliphatic rings. The van der Waals surface area contributed by atoms with Crippen LogP contribution in [0.5, 0.6) is 0 Å². The van der Waals surface area contributed by atoms with Gasteiger partial charge in [-0.15, -0.1) is 20.5 Å². The zero-order valence-corrected chi connectivity index (χ0v) is 30.2. The molecule has 4 heterocycles. The Kier molecular flexibility index (Phi) is 46.3. The predicted molar refractivity (Wildman–Crippen MR) is 149 cm³/mol. The summed E-state index contributed by atoms with van der Waals surface area (Å²) in [6, 6.07) is 22.3. The molecule has 55 heavy (non-hydrogen) atoms. The molecule has 0 aromatic carbocycles. The Hall–Kier alpha value is -5.65. The zero-order valence-electron chi connectivity index (χ0n) is 27.7. The van der Waals surface area contributed by atoms with Gasteiger partial charge in [0.1, 0.15) is 0 Å². The normalized spacial score (nSPS) is 8.58. The van der Waals surface area contributed by atoms with Crippen molar-refractivity contribution < 1.29 is 145 Å². The Labute approximate surface area is 324 Å². The van der Waals surface area contributed by atoms with Gasteiger partial charge in [0.2, 0.25) is 0 Å². The standard InChI is InChI=1S/4C5H6N2.2C3H4O4.2ClHO4.Ni.2H2O/c4*6-5-3-1-2-4-7-5;2*4-2(5)1-3(6)7;2*2-1(3,4)5;;;/h4*1-4H,(H2,6,7);2*1H2,(H,4,5)(H,6,7);2*(H,2,3,4,5);;2*1H2/q;;;;;;;;+2;;. The summed E-state index contributed by atoms with van der Waals surface area (Å²) in [5.74, 6) is -3.71. The van der Waals surface area contributed by atoms with E-state index in [1.165, 1.54) is 0 Å². The van der Waals surface area contributed by atoms with Crippen molar-refractivity contribution in [3.05, 3.63) is 97.6 Å². The fourth-order valence-corrected chi connectivity index (χ4v) is 1.86. The fraction of sp³-hybridized carbons (Fsp3) is 0.0769. The molecule has 26 nitrogen and oxygen atoms in total. The van der Waals surface area contributed by atoms with E-state index >= 15 is 0 Å². The third-order valence-corrected chi connectivity index (χ3v) is 3.51. The fourth-order valence-electron chi connectivity index (χ4n) is 1.86. The second-order valence-corrected chi connectivity index (χ2v) is 9.38. The Morgan fingerprint density at radius 1 is 0.418 bits per heavy atom. The number of nitrogen functional groups attached to an aromatic ring is 4. The van der Waals surface area contributed by atoms with Gasteiger partial charge in [-0.3, -0.25) is 22.9 Å². The van der Waals surface area contributed by atoms with Crippen molar-refractivity contribution in [2.24, 2.45) is 0 Å². The second-order valence-electron chi connectivity index (χ2n) is 7.87. The molecular weight excluding hydrogens is 842 g/mol. The van der Waals surface area contributed by atoms with E-state index in [1.54, 1.807) is 49.1 Å². The number of rotatable bonds is 4. The Morgan fingerprint density at radius 2 is 0.564 bits per heavy atom. The van der Waals surface area contributed by atoms with Crippen LogP contribution in [-0.4, -0.2) is 23.9 Å². The van der Waals surface area contributed by atoms with Gasteiger partial charge in [-0.05, 0) is 24.3 Å². The topological polar surface area (TPSA) is 572 Å². The number of carbonyl (C=O) groups excluding carboxylic acids is 4. The smallest absolute Gasteiger partial charge is 0.550 e. The second kappa shape index (κ2) is 39.6. The molecule has 312 valence electrons. The number of aliphatic carboxylic acids is 4. The van der Waals surface area contributed by atoms with E-state index in [0.717, 1.165) is 0 Å². The molecule has 29 heteroatoms. The summed E-state index contributed by atoms with van der Waals surface area (Å²) >= 11 is 0. The van der Waals surface area contributed by atoms with E-state index in [4.69, 9.17) is 60.2 Å². The molecule has 4 aromatic rings. The maximum Gasteiger partial charge on any atom is 2.00 e. The number of aromatic nitrogens is 4.